The fraction of sp³-hybridized carbons (Fsp3) is 0.368. The molecule has 2 aromatic heterocycles. The van der Waals surface area contributed by atoms with Crippen molar-refractivity contribution < 1.29 is 4.79 Å². The minimum absolute atomic E-state index is 0.127. The van der Waals surface area contributed by atoms with Gasteiger partial charge in [-0.2, -0.15) is 0 Å². The van der Waals surface area contributed by atoms with Crippen LogP contribution in [0.5, 0.6) is 0 Å². The number of rotatable bonds is 3. The molecule has 2 bridgehead atoms. The number of nitrogens with zero attached hydrogens (tertiary/aromatic N) is 5. The van der Waals surface area contributed by atoms with Crippen molar-refractivity contribution in [3.63, 3.8) is 0 Å². The summed E-state index contributed by atoms with van der Waals surface area (Å²) >= 11 is 1.73. The maximum atomic E-state index is 13.2. The van der Waals surface area contributed by atoms with Crippen LogP contribution in [0, 0.1) is 12.8 Å². The van der Waals surface area contributed by atoms with E-state index in [1.54, 1.807) is 22.3 Å². The Bertz CT molecular complexity index is 964. The van der Waals surface area contributed by atoms with Crippen molar-refractivity contribution in [1.82, 2.24) is 25.1 Å². The average molecular weight is 365 g/mol. The van der Waals surface area contributed by atoms with Crippen molar-refractivity contribution in [2.24, 2.45) is 5.92 Å². The highest BCUT2D eigenvalue weighted by Gasteiger charge is 2.40. The summed E-state index contributed by atoms with van der Waals surface area (Å²) in [5.74, 6) is 0.813. The highest BCUT2D eigenvalue weighted by Crippen LogP contribution is 2.38. The molecule has 0 spiro atoms. The summed E-state index contributed by atoms with van der Waals surface area (Å²) in [7, 11) is 0. The van der Waals surface area contributed by atoms with Crippen molar-refractivity contribution >= 4 is 17.2 Å². The second-order valence-electron chi connectivity index (χ2n) is 7.22. The number of piperidine rings is 1. The molecule has 0 unspecified atom stereocenters. The van der Waals surface area contributed by atoms with Gasteiger partial charge in [0.15, 0.2) is 0 Å². The number of carbonyl (C=O) groups is 1. The van der Waals surface area contributed by atoms with Crippen LogP contribution in [0.3, 0.4) is 0 Å². The summed E-state index contributed by atoms with van der Waals surface area (Å²) in [6.45, 7) is 2.98. The second-order valence-corrected chi connectivity index (χ2v) is 8.51. The highest BCUT2D eigenvalue weighted by atomic mass is 32.1. The third kappa shape index (κ3) is 2.63. The molecule has 7 heteroatoms. The number of tetrazole rings is 1. The predicted molar refractivity (Wildman–Crippen MR) is 99.4 cm³/mol. The Hall–Kier alpha value is -2.54. The molecule has 1 amide bonds. The van der Waals surface area contributed by atoms with Crippen LogP contribution in [0.4, 0.5) is 0 Å². The van der Waals surface area contributed by atoms with Gasteiger partial charge in [0.25, 0.3) is 5.91 Å². The van der Waals surface area contributed by atoms with Crippen LogP contribution in [-0.4, -0.2) is 43.6 Å². The van der Waals surface area contributed by atoms with E-state index >= 15 is 0 Å². The van der Waals surface area contributed by atoms with E-state index in [1.807, 2.05) is 18.2 Å². The van der Waals surface area contributed by atoms with E-state index in [-0.39, 0.29) is 5.91 Å². The molecule has 1 saturated heterocycles. The summed E-state index contributed by atoms with van der Waals surface area (Å²) in [5, 5.41) is 11.5. The third-order valence-corrected chi connectivity index (χ3v) is 6.52. The van der Waals surface area contributed by atoms with Gasteiger partial charge < -0.3 is 4.90 Å². The molecule has 0 radical (unpaired) electrons. The zero-order valence-corrected chi connectivity index (χ0v) is 15.3. The molecular formula is C19H19N5OS. The SMILES string of the molecule is Cc1ccc(-c2cc(C(=O)N3C[C@H]4CC[C@H]3C4)cc(-n3cnnn3)c2)s1. The van der Waals surface area contributed by atoms with Crippen molar-refractivity contribution in [2.75, 3.05) is 6.54 Å². The molecule has 1 aliphatic carbocycles. The van der Waals surface area contributed by atoms with Gasteiger partial charge in [-0.15, -0.1) is 16.4 Å². The first-order chi connectivity index (χ1) is 12.7. The number of hydrogen-bond acceptors (Lipinski definition) is 5. The second kappa shape index (κ2) is 6.02. The van der Waals surface area contributed by atoms with Gasteiger partial charge in [-0.3, -0.25) is 4.79 Å². The molecule has 6 nitrogen and oxygen atoms in total. The van der Waals surface area contributed by atoms with E-state index in [1.165, 1.54) is 11.3 Å². The van der Waals surface area contributed by atoms with E-state index in [9.17, 15) is 4.79 Å². The molecule has 3 heterocycles. The number of fused-ring (bicyclic) bond motifs is 2. The molecule has 5 rings (SSSR count). The van der Waals surface area contributed by atoms with Gasteiger partial charge in [-0.05, 0) is 78.4 Å². The van der Waals surface area contributed by atoms with Gasteiger partial charge in [-0.1, -0.05) is 0 Å². The zero-order valence-electron chi connectivity index (χ0n) is 14.5. The van der Waals surface area contributed by atoms with Crippen LogP contribution < -0.4 is 0 Å². The molecule has 1 aliphatic heterocycles. The normalized spacial score (nSPS) is 21.5. The number of aromatic nitrogens is 4. The Labute approximate surface area is 155 Å². The van der Waals surface area contributed by atoms with Crippen molar-refractivity contribution in [2.45, 2.75) is 32.2 Å². The van der Waals surface area contributed by atoms with Crippen molar-refractivity contribution in [3.05, 3.63) is 47.1 Å². The molecular weight excluding hydrogens is 346 g/mol. The van der Waals surface area contributed by atoms with Gasteiger partial charge in [0, 0.05) is 27.9 Å². The minimum Gasteiger partial charge on any atom is -0.335 e. The van der Waals surface area contributed by atoms with Crippen LogP contribution in [-0.2, 0) is 0 Å². The minimum atomic E-state index is 0.127. The lowest BCUT2D eigenvalue weighted by atomic mass is 10.0. The molecule has 26 heavy (non-hydrogen) atoms. The average Bonchev–Trinajstić information content (AvgIpc) is 3.44. The first-order valence-corrected chi connectivity index (χ1v) is 9.75. The lowest BCUT2D eigenvalue weighted by molar-refractivity contribution is 0.0703. The van der Waals surface area contributed by atoms with Crippen LogP contribution in [0.2, 0.25) is 0 Å². The standard InChI is InChI=1S/C19H19N5OS/c1-12-2-5-18(26-12)14-7-15(9-17(8-14)24-11-20-21-22-24)19(25)23-10-13-3-4-16(23)6-13/h2,5,7-9,11,13,16H,3-4,6,10H2,1H3/t13-,16-/m0/s1. The fourth-order valence-electron chi connectivity index (χ4n) is 4.22. The van der Waals surface area contributed by atoms with Crippen LogP contribution in [0.25, 0.3) is 16.1 Å². The van der Waals surface area contributed by atoms with Gasteiger partial charge in [0.2, 0.25) is 0 Å². The number of hydrogen-bond donors (Lipinski definition) is 0. The largest absolute Gasteiger partial charge is 0.335 e. The first kappa shape index (κ1) is 15.7. The van der Waals surface area contributed by atoms with Gasteiger partial charge >= 0.3 is 0 Å². The van der Waals surface area contributed by atoms with E-state index in [0.29, 0.717) is 17.5 Å². The van der Waals surface area contributed by atoms with E-state index in [4.69, 9.17) is 0 Å². The Balaban J connectivity index is 1.58. The highest BCUT2D eigenvalue weighted by molar-refractivity contribution is 7.15. The van der Waals surface area contributed by atoms with Crippen LogP contribution in [0.15, 0.2) is 36.7 Å². The van der Waals surface area contributed by atoms with Crippen molar-refractivity contribution in [3.8, 4) is 16.1 Å². The number of likely N-dealkylation sites (tertiary alicyclic amines) is 1. The topological polar surface area (TPSA) is 63.9 Å². The predicted octanol–water partition coefficient (Wildman–Crippen LogP) is 3.32. The number of amides is 1. The third-order valence-electron chi connectivity index (χ3n) is 5.47. The Kier molecular flexibility index (Phi) is 3.63. The number of aryl methyl sites for hydroxylation is 1. The molecule has 132 valence electrons. The first-order valence-electron chi connectivity index (χ1n) is 8.93. The van der Waals surface area contributed by atoms with Gasteiger partial charge in [0.05, 0.1) is 5.69 Å². The monoisotopic (exact) mass is 365 g/mol. The summed E-state index contributed by atoms with van der Waals surface area (Å²) in [6, 6.07) is 10.6. The van der Waals surface area contributed by atoms with E-state index in [0.717, 1.165) is 35.5 Å². The van der Waals surface area contributed by atoms with Crippen LogP contribution in [0.1, 0.15) is 34.5 Å². The zero-order chi connectivity index (χ0) is 17.7. The number of carbonyl (C=O) groups excluding carboxylic acids is 1. The molecule has 2 aliphatic rings. The quantitative estimate of drug-likeness (QED) is 0.714. The van der Waals surface area contributed by atoms with E-state index < -0.39 is 0 Å². The molecule has 1 aromatic carbocycles. The molecule has 2 fully saturated rings. The van der Waals surface area contributed by atoms with Gasteiger partial charge in [0.1, 0.15) is 6.33 Å². The van der Waals surface area contributed by atoms with Crippen LogP contribution >= 0.6 is 11.3 Å². The lowest BCUT2D eigenvalue weighted by Gasteiger charge is -2.27. The Morgan fingerprint density at radius 3 is 2.81 bits per heavy atom. The summed E-state index contributed by atoms with van der Waals surface area (Å²) in [5.41, 5.74) is 2.56. The smallest absolute Gasteiger partial charge is 0.254 e. The molecule has 2 atom stereocenters. The molecule has 1 saturated carbocycles. The van der Waals surface area contributed by atoms with E-state index in [2.05, 4.69) is 39.5 Å². The maximum Gasteiger partial charge on any atom is 0.254 e. The maximum absolute atomic E-state index is 13.2. The lowest BCUT2D eigenvalue weighted by Crippen LogP contribution is -2.37. The van der Waals surface area contributed by atoms with Crippen molar-refractivity contribution in [1.29, 1.82) is 0 Å². The summed E-state index contributed by atoms with van der Waals surface area (Å²) < 4.78 is 1.61. The van der Waals surface area contributed by atoms with Gasteiger partial charge in [-0.25, -0.2) is 4.68 Å². The number of benzene rings is 1. The summed E-state index contributed by atoms with van der Waals surface area (Å²) in [6.07, 6.45) is 5.12. The summed E-state index contributed by atoms with van der Waals surface area (Å²) in [4.78, 5) is 17.7. The molecule has 3 aromatic rings. The Morgan fingerprint density at radius 2 is 2.15 bits per heavy atom. The number of thiophene rings is 1. The fourth-order valence-corrected chi connectivity index (χ4v) is 5.07. The Morgan fingerprint density at radius 1 is 1.23 bits per heavy atom. The molecule has 0 N–H and O–H groups in total.